The van der Waals surface area contributed by atoms with Gasteiger partial charge in [-0.05, 0) is 93.6 Å². The molecule has 332 valence electrons. The number of ether oxygens (including phenoxy) is 3. The number of hydrogen-bond acceptors (Lipinski definition) is 11. The van der Waals surface area contributed by atoms with Crippen LogP contribution in [0.2, 0.25) is 0 Å². The topological polar surface area (TPSA) is 186 Å². The lowest BCUT2D eigenvalue weighted by Crippen LogP contribution is -2.59. The number of methoxy groups -OCH3 is 1. The van der Waals surface area contributed by atoms with E-state index in [9.17, 15) is 22.8 Å². The van der Waals surface area contributed by atoms with E-state index in [1.807, 2.05) is 12.1 Å². The van der Waals surface area contributed by atoms with Crippen molar-refractivity contribution in [3.8, 4) is 11.5 Å². The van der Waals surface area contributed by atoms with Gasteiger partial charge in [0.15, 0.2) is 0 Å². The second-order valence-electron chi connectivity index (χ2n) is 19.0. The summed E-state index contributed by atoms with van der Waals surface area (Å²) in [5, 5.41) is 5.99. The molecule has 3 aliphatic heterocycles. The Morgan fingerprint density at radius 2 is 1.75 bits per heavy atom. The molecule has 2 aromatic rings. The number of anilines is 1. The number of piperidine rings is 1. The van der Waals surface area contributed by atoms with Gasteiger partial charge in [0, 0.05) is 42.9 Å². The third-order valence-corrected chi connectivity index (χ3v) is 15.6. The van der Waals surface area contributed by atoms with Crippen LogP contribution in [0.25, 0.3) is 10.9 Å². The molecule has 16 heteroatoms. The molecule has 4 heterocycles. The van der Waals surface area contributed by atoms with Crippen molar-refractivity contribution in [1.82, 2.24) is 25.2 Å². The third kappa shape index (κ3) is 9.29. The van der Waals surface area contributed by atoms with Crippen molar-refractivity contribution in [2.75, 3.05) is 38.3 Å². The van der Waals surface area contributed by atoms with E-state index >= 15 is 4.79 Å². The summed E-state index contributed by atoms with van der Waals surface area (Å²) < 4.78 is 46.7. The largest absolute Gasteiger partial charge is 0.496 e. The van der Waals surface area contributed by atoms with Crippen LogP contribution in [-0.2, 0) is 35.6 Å². The summed E-state index contributed by atoms with van der Waals surface area (Å²) in [6.07, 6.45) is 11.1. The number of nitrogens with zero attached hydrogens (tertiary/aromatic N) is 3. The van der Waals surface area contributed by atoms with Crippen molar-refractivity contribution in [1.29, 1.82) is 0 Å². The number of pyridine rings is 1. The number of benzene rings is 1. The summed E-state index contributed by atoms with van der Waals surface area (Å²) >= 11 is 0. The van der Waals surface area contributed by atoms with Gasteiger partial charge in [-0.15, -0.1) is 6.58 Å². The summed E-state index contributed by atoms with van der Waals surface area (Å²) in [7, 11) is -2.25. The van der Waals surface area contributed by atoms with E-state index in [0.29, 0.717) is 36.3 Å². The minimum atomic E-state index is -3.91. The fraction of sp³-hybridized carbons (Fsp3) is 0.667. The van der Waals surface area contributed by atoms with E-state index in [-0.39, 0.29) is 37.3 Å². The summed E-state index contributed by atoms with van der Waals surface area (Å²) in [4.78, 5) is 66.0. The lowest BCUT2D eigenvalue weighted by atomic mass is 9.83. The number of cyclic esters (lactones) is 1. The van der Waals surface area contributed by atoms with Crippen LogP contribution in [0.1, 0.15) is 109 Å². The van der Waals surface area contributed by atoms with Gasteiger partial charge >= 0.3 is 6.09 Å². The van der Waals surface area contributed by atoms with Crippen molar-refractivity contribution in [3.05, 3.63) is 36.4 Å². The molecule has 1 aromatic heterocycles. The molecule has 3 N–H and O–H groups in total. The van der Waals surface area contributed by atoms with Gasteiger partial charge in [0.05, 0.1) is 31.0 Å². The summed E-state index contributed by atoms with van der Waals surface area (Å²) in [6.45, 7) is 9.83. The minimum absolute atomic E-state index is 0.0237. The zero-order valence-corrected chi connectivity index (χ0v) is 36.7. The zero-order valence-electron chi connectivity index (χ0n) is 35.8. The van der Waals surface area contributed by atoms with E-state index in [0.717, 1.165) is 94.1 Å². The Kier molecular flexibility index (Phi) is 12.2. The smallest absolute Gasteiger partial charge is 0.407 e. The highest BCUT2D eigenvalue weighted by atomic mass is 32.2. The Hall–Kier alpha value is -4.60. The molecule has 4 amide bonds. The van der Waals surface area contributed by atoms with Crippen molar-refractivity contribution in [2.45, 2.75) is 139 Å². The van der Waals surface area contributed by atoms with E-state index in [2.05, 4.69) is 46.7 Å². The zero-order chi connectivity index (χ0) is 43.1. The van der Waals surface area contributed by atoms with Gasteiger partial charge in [0.25, 0.3) is 5.91 Å². The number of fused-ring (bicyclic) bond motifs is 3. The minimum Gasteiger partial charge on any atom is -0.496 e. The number of aromatic nitrogens is 1. The van der Waals surface area contributed by atoms with Crippen LogP contribution in [0.3, 0.4) is 0 Å². The molecule has 0 spiro atoms. The summed E-state index contributed by atoms with van der Waals surface area (Å²) in [6, 6.07) is 3.92. The molecule has 3 saturated carbocycles. The number of carbonyl (C=O) groups is 4. The van der Waals surface area contributed by atoms with E-state index in [1.165, 1.54) is 11.0 Å². The van der Waals surface area contributed by atoms with Gasteiger partial charge in [0.1, 0.15) is 41.0 Å². The van der Waals surface area contributed by atoms with Gasteiger partial charge < -0.3 is 34.6 Å². The molecule has 3 aliphatic carbocycles. The number of rotatable bonds is 9. The first-order chi connectivity index (χ1) is 29.2. The molecular formula is C45H62N6O9S. The van der Waals surface area contributed by atoms with Crippen molar-refractivity contribution >= 4 is 50.6 Å². The standard InChI is InChI=1S/C45H62N6O9S/c1-5-30-25-45(30,42(54)49-61(56,57)32-16-17-32)48-40(52)35-22-31-26-51(35)41(53)39(28-13-8-6-9-14-28)47-43(55)59-27-44(2,3)18-12-15-29-21-33-34(23-36(29)58-4)46-38(24-37(33)60-31)50-19-10-7-11-20-50/h5,21,23-24,28,30-32,35,39H,1,6-20,22,25-27H2,2-4H3,(H,47,55)(H,48,52)(H,49,54)/t30-,31-,35+,39+,45-/m1/s1. The molecule has 61 heavy (non-hydrogen) atoms. The molecule has 1 aromatic carbocycles. The molecule has 2 saturated heterocycles. The van der Waals surface area contributed by atoms with Crippen LogP contribution in [0, 0.1) is 17.3 Å². The first-order valence-corrected chi connectivity index (χ1v) is 23.9. The number of alkyl carbamates (subject to hydrolysis) is 1. The Bertz CT molecular complexity index is 2150. The van der Waals surface area contributed by atoms with Crippen LogP contribution in [0.4, 0.5) is 10.6 Å². The number of sulfonamides is 1. The number of amides is 4. The molecule has 4 bridgehead atoms. The van der Waals surface area contributed by atoms with E-state index < -0.39 is 68.7 Å². The number of hydrogen-bond donors (Lipinski definition) is 3. The Morgan fingerprint density at radius 1 is 1.02 bits per heavy atom. The van der Waals surface area contributed by atoms with Crippen molar-refractivity contribution in [2.24, 2.45) is 17.3 Å². The number of aryl methyl sites for hydroxylation is 1. The third-order valence-electron chi connectivity index (χ3n) is 13.8. The number of nitrogens with one attached hydrogen (secondary N) is 3. The van der Waals surface area contributed by atoms with E-state index in [1.54, 1.807) is 7.11 Å². The average molecular weight is 863 g/mol. The Labute approximate surface area is 359 Å². The molecule has 5 atom stereocenters. The summed E-state index contributed by atoms with van der Waals surface area (Å²) in [5.74, 6) is -0.472. The lowest BCUT2D eigenvalue weighted by molar-refractivity contribution is -0.142. The quantitative estimate of drug-likeness (QED) is 0.279. The Morgan fingerprint density at radius 3 is 2.44 bits per heavy atom. The van der Waals surface area contributed by atoms with Gasteiger partial charge in [0.2, 0.25) is 21.8 Å². The highest BCUT2D eigenvalue weighted by molar-refractivity contribution is 7.91. The normalized spacial score (nSPS) is 28.8. The molecule has 6 aliphatic rings. The second-order valence-corrected chi connectivity index (χ2v) is 20.9. The maximum absolute atomic E-state index is 15.1. The van der Waals surface area contributed by atoms with Crippen LogP contribution < -0.4 is 29.7 Å². The van der Waals surface area contributed by atoms with Crippen LogP contribution >= 0.6 is 0 Å². The molecule has 5 fully saturated rings. The van der Waals surface area contributed by atoms with Crippen LogP contribution in [0.5, 0.6) is 11.5 Å². The van der Waals surface area contributed by atoms with Gasteiger partial charge in [-0.3, -0.25) is 19.1 Å². The molecule has 0 unspecified atom stereocenters. The van der Waals surface area contributed by atoms with Crippen molar-refractivity contribution < 1.29 is 41.8 Å². The monoisotopic (exact) mass is 862 g/mol. The van der Waals surface area contributed by atoms with E-state index in [4.69, 9.17) is 19.2 Å². The van der Waals surface area contributed by atoms with Gasteiger partial charge in [-0.1, -0.05) is 39.2 Å². The average Bonchev–Trinajstić information content (AvgIpc) is 4.18. The predicted octanol–water partition coefficient (Wildman–Crippen LogP) is 5.29. The first kappa shape index (κ1) is 43.1. The fourth-order valence-corrected chi connectivity index (χ4v) is 11.2. The predicted molar refractivity (Wildman–Crippen MR) is 230 cm³/mol. The Balaban J connectivity index is 1.18. The molecule has 0 radical (unpaired) electrons. The van der Waals surface area contributed by atoms with Crippen LogP contribution in [0.15, 0.2) is 30.9 Å². The van der Waals surface area contributed by atoms with Crippen molar-refractivity contribution in [3.63, 3.8) is 0 Å². The highest BCUT2D eigenvalue weighted by Gasteiger charge is 2.62. The van der Waals surface area contributed by atoms with Gasteiger partial charge in [-0.25, -0.2) is 18.2 Å². The SMILES string of the molecule is C=C[C@@H]1C[C@]1(NC(=O)[C@@H]1C[C@@H]2CN1C(=O)[C@H](C1CCCCC1)NC(=O)OCC(C)(C)CCCc1cc3c(cc(N4CCCCC4)nc3cc1OC)O2)C(=O)NS(=O)(=O)C1CC1. The highest BCUT2D eigenvalue weighted by Crippen LogP contribution is 2.46. The summed E-state index contributed by atoms with van der Waals surface area (Å²) in [5.41, 5.74) is -0.223. The molecular weight excluding hydrogens is 801 g/mol. The fourth-order valence-electron chi connectivity index (χ4n) is 9.88. The lowest BCUT2D eigenvalue weighted by Gasteiger charge is -2.35. The van der Waals surface area contributed by atoms with Crippen LogP contribution in [-0.4, -0.2) is 104 Å². The maximum Gasteiger partial charge on any atom is 0.407 e. The molecule has 8 rings (SSSR count). The van der Waals surface area contributed by atoms with Gasteiger partial charge in [-0.2, -0.15) is 0 Å². The second kappa shape index (κ2) is 17.3. The number of carbonyl (C=O) groups excluding carboxylic acids is 4. The first-order valence-electron chi connectivity index (χ1n) is 22.4. The molecule has 15 nitrogen and oxygen atoms in total. The maximum atomic E-state index is 15.1.